The molecule has 2 rings (SSSR count). The van der Waals surface area contributed by atoms with E-state index in [1.165, 1.54) is 0 Å². The number of rotatable bonds is 9. The van der Waals surface area contributed by atoms with E-state index in [1.54, 1.807) is 4.90 Å². The van der Waals surface area contributed by atoms with Gasteiger partial charge in [0.25, 0.3) is 5.91 Å². The highest BCUT2D eigenvalue weighted by Crippen LogP contribution is 2.23. The Hall–Kier alpha value is -1.63. The van der Waals surface area contributed by atoms with Gasteiger partial charge in [0.2, 0.25) is 0 Å². The van der Waals surface area contributed by atoms with Gasteiger partial charge in [0.1, 0.15) is 12.0 Å². The summed E-state index contributed by atoms with van der Waals surface area (Å²) in [5.41, 5.74) is 1.09. The molecule has 1 heterocycles. The van der Waals surface area contributed by atoms with E-state index in [1.807, 2.05) is 45.2 Å². The van der Waals surface area contributed by atoms with Gasteiger partial charge in [0, 0.05) is 32.2 Å². The summed E-state index contributed by atoms with van der Waals surface area (Å²) < 4.78 is 5.70. The van der Waals surface area contributed by atoms with Crippen LogP contribution in [0, 0.1) is 0 Å². The molecule has 1 amide bonds. The lowest BCUT2D eigenvalue weighted by Crippen LogP contribution is -2.37. The lowest BCUT2D eigenvalue weighted by Gasteiger charge is -2.26. The third-order valence-corrected chi connectivity index (χ3v) is 4.83. The Morgan fingerprint density at radius 3 is 2.80 bits per heavy atom. The molecule has 0 spiro atoms. The lowest BCUT2D eigenvalue weighted by molar-refractivity contribution is -0.132. The summed E-state index contributed by atoms with van der Waals surface area (Å²) in [4.78, 5) is 15.9. The Labute approximate surface area is 150 Å². The first-order valence-corrected chi connectivity index (χ1v) is 9.18. The first-order valence-electron chi connectivity index (χ1n) is 9.18. The van der Waals surface area contributed by atoms with E-state index in [0.717, 1.165) is 31.5 Å². The van der Waals surface area contributed by atoms with Gasteiger partial charge in [0.15, 0.2) is 6.61 Å². The molecule has 6 heteroatoms. The van der Waals surface area contributed by atoms with Crippen molar-refractivity contribution in [3.05, 3.63) is 29.8 Å². The fraction of sp³-hybridized carbons (Fsp3) is 0.632. The van der Waals surface area contributed by atoms with Crippen molar-refractivity contribution >= 4 is 5.91 Å². The number of hydrogen-bond donors (Lipinski definition) is 2. The molecule has 1 fully saturated rings. The van der Waals surface area contributed by atoms with Crippen LogP contribution in [0.2, 0.25) is 0 Å². The normalized spacial score (nSPS) is 19.0. The van der Waals surface area contributed by atoms with E-state index in [0.29, 0.717) is 18.8 Å². The summed E-state index contributed by atoms with van der Waals surface area (Å²) in [5, 5.41) is 13.3. The smallest absolute Gasteiger partial charge is 0.260 e. The van der Waals surface area contributed by atoms with E-state index in [9.17, 15) is 9.90 Å². The van der Waals surface area contributed by atoms with E-state index >= 15 is 0 Å². The number of carbonyl (C=O) groups excluding carboxylic acids is 1. The fourth-order valence-electron chi connectivity index (χ4n) is 3.25. The Balaban J connectivity index is 1.97. The largest absolute Gasteiger partial charge is 0.484 e. The predicted molar refractivity (Wildman–Crippen MR) is 98.5 cm³/mol. The monoisotopic (exact) mass is 349 g/mol. The van der Waals surface area contributed by atoms with Gasteiger partial charge >= 0.3 is 0 Å². The number of likely N-dealkylation sites (N-methyl/N-ethyl adjacent to an activating group) is 2. The molecule has 1 aromatic carbocycles. The Bertz CT molecular complexity index is 548. The van der Waals surface area contributed by atoms with E-state index in [4.69, 9.17) is 4.74 Å². The van der Waals surface area contributed by atoms with Crippen molar-refractivity contribution in [2.24, 2.45) is 0 Å². The van der Waals surface area contributed by atoms with Crippen molar-refractivity contribution in [3.8, 4) is 5.75 Å². The van der Waals surface area contributed by atoms with E-state index in [2.05, 4.69) is 10.2 Å². The SMILES string of the molecule is CCN(CC)C(=O)COc1cccc([C@@H](CN2CCCC2O)NC)c1. The van der Waals surface area contributed by atoms with Crippen molar-refractivity contribution in [1.29, 1.82) is 0 Å². The maximum atomic E-state index is 12.1. The summed E-state index contributed by atoms with van der Waals surface area (Å²) >= 11 is 0. The molecule has 140 valence electrons. The predicted octanol–water partition coefficient (Wildman–Crippen LogP) is 1.61. The standard InChI is InChI=1S/C19H31N3O3/c1-4-21(5-2)19(24)14-25-16-9-6-8-15(12-16)17(20-3)13-22-11-7-10-18(22)23/h6,8-9,12,17-18,20,23H,4-5,7,10-11,13-14H2,1-3H3/t17-,18?/m1/s1. The summed E-state index contributed by atoms with van der Waals surface area (Å²) in [6.45, 7) is 7.05. The van der Waals surface area contributed by atoms with Gasteiger partial charge in [-0.2, -0.15) is 0 Å². The van der Waals surface area contributed by atoms with Crippen LogP contribution >= 0.6 is 0 Å². The molecule has 1 saturated heterocycles. The number of hydrogen-bond acceptors (Lipinski definition) is 5. The number of likely N-dealkylation sites (tertiary alicyclic amines) is 1. The molecule has 0 aliphatic carbocycles. The summed E-state index contributed by atoms with van der Waals surface area (Å²) in [6.07, 6.45) is 1.53. The van der Waals surface area contributed by atoms with Crippen LogP contribution in [-0.2, 0) is 4.79 Å². The van der Waals surface area contributed by atoms with Gasteiger partial charge in [-0.25, -0.2) is 0 Å². The van der Waals surface area contributed by atoms with Crippen molar-refractivity contribution < 1.29 is 14.6 Å². The van der Waals surface area contributed by atoms with Crippen LogP contribution in [0.5, 0.6) is 5.75 Å². The Kier molecular flexibility index (Phi) is 7.68. The van der Waals surface area contributed by atoms with Crippen molar-refractivity contribution in [2.75, 3.05) is 39.8 Å². The van der Waals surface area contributed by atoms with Gasteiger partial charge in [-0.05, 0) is 51.4 Å². The highest BCUT2D eigenvalue weighted by Gasteiger charge is 2.25. The molecule has 1 unspecified atom stereocenters. The van der Waals surface area contributed by atoms with Crippen molar-refractivity contribution in [2.45, 2.75) is 39.0 Å². The molecule has 0 saturated carbocycles. The quantitative estimate of drug-likeness (QED) is 0.709. The molecule has 2 atom stereocenters. The Morgan fingerprint density at radius 1 is 1.44 bits per heavy atom. The number of carbonyl (C=O) groups is 1. The minimum absolute atomic E-state index is 0.000702. The zero-order valence-corrected chi connectivity index (χ0v) is 15.6. The lowest BCUT2D eigenvalue weighted by atomic mass is 10.1. The van der Waals surface area contributed by atoms with Crippen LogP contribution in [0.25, 0.3) is 0 Å². The van der Waals surface area contributed by atoms with Crippen LogP contribution in [0.3, 0.4) is 0 Å². The first-order chi connectivity index (χ1) is 12.1. The molecular weight excluding hydrogens is 318 g/mol. The number of benzene rings is 1. The van der Waals surface area contributed by atoms with Crippen molar-refractivity contribution in [1.82, 2.24) is 15.1 Å². The first kappa shape index (κ1) is 19.7. The van der Waals surface area contributed by atoms with Crippen LogP contribution in [0.15, 0.2) is 24.3 Å². The van der Waals surface area contributed by atoms with Gasteiger partial charge in [-0.15, -0.1) is 0 Å². The molecule has 1 aliphatic heterocycles. The maximum Gasteiger partial charge on any atom is 0.260 e. The van der Waals surface area contributed by atoms with E-state index in [-0.39, 0.29) is 24.8 Å². The highest BCUT2D eigenvalue weighted by atomic mass is 16.5. The Morgan fingerprint density at radius 2 is 2.20 bits per heavy atom. The van der Waals surface area contributed by atoms with Crippen LogP contribution in [0.4, 0.5) is 0 Å². The van der Waals surface area contributed by atoms with Crippen LogP contribution in [0.1, 0.15) is 38.3 Å². The maximum absolute atomic E-state index is 12.1. The molecule has 25 heavy (non-hydrogen) atoms. The minimum Gasteiger partial charge on any atom is -0.484 e. The number of nitrogens with zero attached hydrogens (tertiary/aromatic N) is 2. The molecule has 1 aliphatic rings. The fourth-order valence-corrected chi connectivity index (χ4v) is 3.25. The molecule has 1 aromatic rings. The van der Waals surface area contributed by atoms with Gasteiger partial charge in [0.05, 0.1) is 0 Å². The van der Waals surface area contributed by atoms with Crippen LogP contribution < -0.4 is 10.1 Å². The number of nitrogens with one attached hydrogen (secondary N) is 1. The van der Waals surface area contributed by atoms with Gasteiger partial charge < -0.3 is 20.1 Å². The molecule has 0 radical (unpaired) electrons. The number of amides is 1. The molecule has 0 aromatic heterocycles. The summed E-state index contributed by atoms with van der Waals surface area (Å²) in [5.74, 6) is 0.695. The topological polar surface area (TPSA) is 65.0 Å². The zero-order valence-electron chi connectivity index (χ0n) is 15.6. The van der Waals surface area contributed by atoms with Gasteiger partial charge in [-0.3, -0.25) is 9.69 Å². The molecule has 6 nitrogen and oxygen atoms in total. The molecule has 0 bridgehead atoms. The highest BCUT2D eigenvalue weighted by molar-refractivity contribution is 5.77. The minimum atomic E-state index is -0.345. The van der Waals surface area contributed by atoms with Crippen molar-refractivity contribution in [3.63, 3.8) is 0 Å². The third-order valence-electron chi connectivity index (χ3n) is 4.83. The summed E-state index contributed by atoms with van der Waals surface area (Å²) in [7, 11) is 1.92. The number of aliphatic hydroxyl groups is 1. The second-order valence-corrected chi connectivity index (χ2v) is 6.39. The van der Waals surface area contributed by atoms with Gasteiger partial charge in [-0.1, -0.05) is 12.1 Å². The third kappa shape index (κ3) is 5.42. The average Bonchev–Trinajstić information content (AvgIpc) is 3.04. The molecule has 2 N–H and O–H groups in total. The zero-order chi connectivity index (χ0) is 18.2. The number of ether oxygens (including phenoxy) is 1. The second kappa shape index (κ2) is 9.75. The van der Waals surface area contributed by atoms with Crippen LogP contribution in [-0.4, -0.2) is 66.9 Å². The second-order valence-electron chi connectivity index (χ2n) is 6.39. The van der Waals surface area contributed by atoms with E-state index < -0.39 is 0 Å². The number of aliphatic hydroxyl groups excluding tert-OH is 1. The molecular formula is C19H31N3O3. The average molecular weight is 349 g/mol. The summed E-state index contributed by atoms with van der Waals surface area (Å²) in [6, 6.07) is 7.94.